The van der Waals surface area contributed by atoms with Gasteiger partial charge in [0, 0.05) is 5.56 Å². The van der Waals surface area contributed by atoms with E-state index in [1.165, 1.54) is 0 Å². The standard InChI is InChI=1S/C12H10O.CHCl3/c13-12-9-5-4-8-11(12)10-6-2-1-3-7-10;2-1(3)4/h1-9,13H;1H. The summed E-state index contributed by atoms with van der Waals surface area (Å²) in [5, 5.41) is 9.56. The molecule has 0 saturated carbocycles. The Labute approximate surface area is 116 Å². The van der Waals surface area contributed by atoms with Gasteiger partial charge in [-0.3, -0.25) is 0 Å². The van der Waals surface area contributed by atoms with Crippen molar-refractivity contribution in [2.75, 3.05) is 0 Å². The normalized spacial score (nSPS) is 9.65. The third-order valence-corrected chi connectivity index (χ3v) is 1.99. The van der Waals surface area contributed by atoms with Crippen LogP contribution in [0.4, 0.5) is 0 Å². The molecule has 17 heavy (non-hydrogen) atoms. The summed E-state index contributed by atoms with van der Waals surface area (Å²) < 4.78 is -0.750. The van der Waals surface area contributed by atoms with E-state index in [9.17, 15) is 5.11 Å². The molecule has 0 aliphatic rings. The molecule has 90 valence electrons. The van der Waals surface area contributed by atoms with Gasteiger partial charge in [-0.15, -0.1) is 0 Å². The molecule has 0 amide bonds. The lowest BCUT2D eigenvalue weighted by atomic mass is 10.1. The van der Waals surface area contributed by atoms with Crippen molar-refractivity contribution in [2.45, 2.75) is 4.30 Å². The van der Waals surface area contributed by atoms with Crippen LogP contribution in [0.25, 0.3) is 11.1 Å². The van der Waals surface area contributed by atoms with E-state index >= 15 is 0 Å². The lowest BCUT2D eigenvalue weighted by Crippen LogP contribution is -1.76. The van der Waals surface area contributed by atoms with Crippen molar-refractivity contribution in [1.82, 2.24) is 0 Å². The summed E-state index contributed by atoms with van der Waals surface area (Å²) in [7, 11) is 0. The van der Waals surface area contributed by atoms with Crippen LogP contribution in [0.3, 0.4) is 0 Å². The van der Waals surface area contributed by atoms with E-state index in [-0.39, 0.29) is 0 Å². The smallest absolute Gasteiger partial charge is 0.180 e. The fourth-order valence-corrected chi connectivity index (χ4v) is 1.34. The minimum atomic E-state index is -0.750. The second-order valence-corrected chi connectivity index (χ2v) is 5.11. The quantitative estimate of drug-likeness (QED) is 0.729. The summed E-state index contributed by atoms with van der Waals surface area (Å²) in [6.07, 6.45) is 0. The van der Waals surface area contributed by atoms with Crippen molar-refractivity contribution in [2.24, 2.45) is 0 Å². The molecule has 0 radical (unpaired) electrons. The Morgan fingerprint density at radius 1 is 0.765 bits per heavy atom. The molecule has 1 N–H and O–H groups in total. The first kappa shape index (κ1) is 14.2. The summed E-state index contributed by atoms with van der Waals surface area (Å²) in [6.45, 7) is 0. The van der Waals surface area contributed by atoms with E-state index in [1.54, 1.807) is 6.07 Å². The van der Waals surface area contributed by atoms with E-state index < -0.39 is 4.30 Å². The zero-order valence-corrected chi connectivity index (χ0v) is 11.1. The topological polar surface area (TPSA) is 20.2 Å². The van der Waals surface area contributed by atoms with Crippen molar-refractivity contribution in [1.29, 1.82) is 0 Å². The number of benzene rings is 2. The molecule has 4 heteroatoms. The molecule has 0 aliphatic heterocycles. The third kappa shape index (κ3) is 5.31. The van der Waals surface area contributed by atoms with Crippen molar-refractivity contribution >= 4 is 34.8 Å². The zero-order valence-electron chi connectivity index (χ0n) is 8.85. The number of phenols is 1. The molecular weight excluding hydrogens is 279 g/mol. The Bertz CT molecular complexity index is 441. The Morgan fingerprint density at radius 2 is 1.24 bits per heavy atom. The highest BCUT2D eigenvalue weighted by atomic mass is 35.6. The summed E-state index contributed by atoms with van der Waals surface area (Å²) in [6, 6.07) is 17.2. The molecule has 0 unspecified atom stereocenters. The number of para-hydroxylation sites is 1. The predicted octanol–water partition coefficient (Wildman–Crippen LogP) is 5.05. The zero-order chi connectivity index (χ0) is 12.7. The predicted molar refractivity (Wildman–Crippen MR) is 74.9 cm³/mol. The first-order valence-electron chi connectivity index (χ1n) is 4.87. The summed E-state index contributed by atoms with van der Waals surface area (Å²) >= 11 is 14.4. The third-order valence-electron chi connectivity index (χ3n) is 1.99. The SMILES string of the molecule is ClC(Cl)Cl.Oc1ccccc1-c1ccccc1. The Balaban J connectivity index is 0.000000317. The van der Waals surface area contributed by atoms with E-state index in [1.807, 2.05) is 48.5 Å². The molecule has 0 bridgehead atoms. The molecule has 0 spiro atoms. The van der Waals surface area contributed by atoms with Gasteiger partial charge in [-0.25, -0.2) is 0 Å². The molecule has 2 aromatic rings. The lowest BCUT2D eigenvalue weighted by Gasteiger charge is -2.02. The van der Waals surface area contributed by atoms with Gasteiger partial charge in [-0.1, -0.05) is 83.3 Å². The fraction of sp³-hybridized carbons (Fsp3) is 0.0769. The molecule has 0 aromatic heterocycles. The molecule has 2 aromatic carbocycles. The van der Waals surface area contributed by atoms with Crippen molar-refractivity contribution in [3.8, 4) is 16.9 Å². The Kier molecular flexibility index (Phi) is 6.20. The molecule has 0 atom stereocenters. The maximum absolute atomic E-state index is 9.56. The van der Waals surface area contributed by atoms with Gasteiger partial charge in [0.1, 0.15) is 5.75 Å². The maximum Gasteiger partial charge on any atom is 0.180 e. The van der Waals surface area contributed by atoms with Crippen molar-refractivity contribution in [3.05, 3.63) is 54.6 Å². The molecule has 2 rings (SSSR count). The Morgan fingerprint density at radius 3 is 1.76 bits per heavy atom. The molecule has 0 saturated heterocycles. The van der Waals surface area contributed by atoms with Gasteiger partial charge in [0.05, 0.1) is 0 Å². The van der Waals surface area contributed by atoms with Gasteiger partial charge in [0.25, 0.3) is 0 Å². The Hall–Kier alpha value is -0.890. The number of aromatic hydroxyl groups is 1. The maximum atomic E-state index is 9.56. The minimum Gasteiger partial charge on any atom is -0.507 e. The summed E-state index contributed by atoms with van der Waals surface area (Å²) in [4.78, 5) is 0. The van der Waals surface area contributed by atoms with Crippen LogP contribution in [0, 0.1) is 0 Å². The second-order valence-electron chi connectivity index (χ2n) is 3.13. The first-order valence-corrected chi connectivity index (χ1v) is 6.18. The molecule has 1 nitrogen and oxygen atoms in total. The van der Waals surface area contributed by atoms with Crippen LogP contribution in [0.15, 0.2) is 54.6 Å². The monoisotopic (exact) mass is 288 g/mol. The van der Waals surface area contributed by atoms with Gasteiger partial charge in [0.15, 0.2) is 4.30 Å². The molecule has 0 heterocycles. The minimum absolute atomic E-state index is 0.328. The van der Waals surface area contributed by atoms with Crippen LogP contribution < -0.4 is 0 Å². The van der Waals surface area contributed by atoms with E-state index in [2.05, 4.69) is 0 Å². The van der Waals surface area contributed by atoms with Gasteiger partial charge >= 0.3 is 0 Å². The summed E-state index contributed by atoms with van der Waals surface area (Å²) in [5.74, 6) is 0.328. The number of phenolic OH excluding ortho intramolecular Hbond substituents is 1. The van der Waals surface area contributed by atoms with Crippen LogP contribution in [0.1, 0.15) is 0 Å². The summed E-state index contributed by atoms with van der Waals surface area (Å²) in [5.41, 5.74) is 1.92. The number of rotatable bonds is 1. The van der Waals surface area contributed by atoms with Crippen molar-refractivity contribution in [3.63, 3.8) is 0 Å². The number of alkyl halides is 3. The molecule has 0 fully saturated rings. The van der Waals surface area contributed by atoms with Crippen molar-refractivity contribution < 1.29 is 5.11 Å². The van der Waals surface area contributed by atoms with E-state index in [0.29, 0.717) is 5.75 Å². The molecule has 0 aliphatic carbocycles. The highest BCUT2D eigenvalue weighted by Gasteiger charge is 2.00. The average molecular weight is 290 g/mol. The van der Waals surface area contributed by atoms with Gasteiger partial charge in [-0.05, 0) is 11.6 Å². The van der Waals surface area contributed by atoms with Gasteiger partial charge < -0.3 is 5.11 Å². The van der Waals surface area contributed by atoms with E-state index in [4.69, 9.17) is 34.8 Å². The number of hydrogen-bond acceptors (Lipinski definition) is 1. The number of halogens is 3. The number of hydrogen-bond donors (Lipinski definition) is 1. The highest BCUT2D eigenvalue weighted by Crippen LogP contribution is 2.27. The fourth-order valence-electron chi connectivity index (χ4n) is 1.34. The van der Waals surface area contributed by atoms with Crippen LogP contribution in [-0.4, -0.2) is 9.40 Å². The van der Waals surface area contributed by atoms with Crippen LogP contribution in [-0.2, 0) is 0 Å². The van der Waals surface area contributed by atoms with Crippen LogP contribution in [0.2, 0.25) is 0 Å². The van der Waals surface area contributed by atoms with Gasteiger partial charge in [0.2, 0.25) is 0 Å². The average Bonchev–Trinajstić information content (AvgIpc) is 2.30. The first-order chi connectivity index (χ1) is 8.11. The second kappa shape index (κ2) is 7.44. The van der Waals surface area contributed by atoms with Crippen LogP contribution in [0.5, 0.6) is 5.75 Å². The van der Waals surface area contributed by atoms with Gasteiger partial charge in [-0.2, -0.15) is 0 Å². The highest BCUT2D eigenvalue weighted by molar-refractivity contribution is 6.63. The lowest BCUT2D eigenvalue weighted by molar-refractivity contribution is 0.477. The largest absolute Gasteiger partial charge is 0.507 e. The molecular formula is C13H11Cl3O. The van der Waals surface area contributed by atoms with Crippen LogP contribution >= 0.6 is 34.8 Å². The van der Waals surface area contributed by atoms with E-state index in [0.717, 1.165) is 11.1 Å².